The lowest BCUT2D eigenvalue weighted by Crippen LogP contribution is -2.16. The third-order valence-electron chi connectivity index (χ3n) is 3.58. The van der Waals surface area contributed by atoms with Crippen molar-refractivity contribution in [3.63, 3.8) is 0 Å². The molecule has 1 heterocycles. The van der Waals surface area contributed by atoms with Crippen LogP contribution in [0.1, 0.15) is 5.56 Å². The lowest BCUT2D eigenvalue weighted by Gasteiger charge is -2.10. The second-order valence-electron chi connectivity index (χ2n) is 5.23. The number of rotatable bonds is 4. The molecule has 8 heteroatoms. The molecule has 26 heavy (non-hydrogen) atoms. The molecule has 0 fully saturated rings. The predicted molar refractivity (Wildman–Crippen MR) is 104 cm³/mol. The van der Waals surface area contributed by atoms with E-state index in [1.807, 2.05) is 6.07 Å². The monoisotopic (exact) mass is 430 g/mol. The van der Waals surface area contributed by atoms with Gasteiger partial charge in [0.25, 0.3) is 5.56 Å². The van der Waals surface area contributed by atoms with Crippen LogP contribution >= 0.6 is 27.5 Å². The zero-order valence-corrected chi connectivity index (χ0v) is 15.9. The van der Waals surface area contributed by atoms with E-state index in [-0.39, 0.29) is 17.2 Å². The number of ether oxygens (including phenoxy) is 1. The van der Waals surface area contributed by atoms with Crippen molar-refractivity contribution in [3.8, 4) is 23.1 Å². The van der Waals surface area contributed by atoms with E-state index in [0.717, 1.165) is 4.47 Å². The van der Waals surface area contributed by atoms with Crippen LogP contribution in [0.4, 0.5) is 11.6 Å². The Hall–Kier alpha value is -2.82. The summed E-state index contributed by atoms with van der Waals surface area (Å²) in [5.41, 5.74) is 0.968. The van der Waals surface area contributed by atoms with Crippen LogP contribution in [0.25, 0.3) is 11.3 Å². The minimum absolute atomic E-state index is 0.0606. The summed E-state index contributed by atoms with van der Waals surface area (Å²) in [6, 6.07) is 14.1. The number of aromatic nitrogens is 2. The molecule has 0 radical (unpaired) electrons. The number of anilines is 2. The summed E-state index contributed by atoms with van der Waals surface area (Å²) in [4.78, 5) is 19.2. The number of nitrogens with zero attached hydrogens (tertiary/aromatic N) is 2. The zero-order valence-electron chi connectivity index (χ0n) is 13.5. The number of hydrogen-bond donors (Lipinski definition) is 2. The van der Waals surface area contributed by atoms with Crippen molar-refractivity contribution in [1.82, 2.24) is 9.97 Å². The molecule has 0 atom stereocenters. The fraction of sp³-hybridized carbons (Fsp3) is 0.0556. The van der Waals surface area contributed by atoms with Gasteiger partial charge in [-0.15, -0.1) is 0 Å². The molecule has 0 amide bonds. The average Bonchev–Trinajstić information content (AvgIpc) is 2.64. The maximum absolute atomic E-state index is 12.3. The van der Waals surface area contributed by atoms with Crippen LogP contribution in [0, 0.1) is 11.3 Å². The van der Waals surface area contributed by atoms with Crippen molar-refractivity contribution in [2.24, 2.45) is 0 Å². The molecule has 0 aliphatic rings. The summed E-state index contributed by atoms with van der Waals surface area (Å²) in [6.07, 6.45) is 0. The minimum Gasteiger partial charge on any atom is -0.497 e. The first-order chi connectivity index (χ1) is 12.5. The van der Waals surface area contributed by atoms with E-state index in [4.69, 9.17) is 16.3 Å². The molecular formula is C18H12BrClN4O2. The van der Waals surface area contributed by atoms with Crippen LogP contribution in [0.15, 0.2) is 51.7 Å². The van der Waals surface area contributed by atoms with Gasteiger partial charge >= 0.3 is 0 Å². The Morgan fingerprint density at radius 1 is 1.27 bits per heavy atom. The summed E-state index contributed by atoms with van der Waals surface area (Å²) < 4.78 is 5.88. The number of methoxy groups -OCH3 is 1. The van der Waals surface area contributed by atoms with Gasteiger partial charge in [0, 0.05) is 15.7 Å². The van der Waals surface area contributed by atoms with E-state index in [1.165, 1.54) is 0 Å². The molecule has 2 aromatic carbocycles. The van der Waals surface area contributed by atoms with Crippen LogP contribution in [0.5, 0.6) is 5.75 Å². The first kappa shape index (κ1) is 18.0. The Morgan fingerprint density at radius 3 is 2.62 bits per heavy atom. The van der Waals surface area contributed by atoms with Gasteiger partial charge in [0.05, 0.1) is 17.8 Å². The SMILES string of the molecule is COc1ccc(-c2nc(Nc3ccc(Br)c(Cl)c3)[nH]c(=O)c2C#N)cc1. The zero-order chi connectivity index (χ0) is 18.7. The van der Waals surface area contributed by atoms with Gasteiger partial charge in [-0.05, 0) is 58.4 Å². The van der Waals surface area contributed by atoms with Crippen LogP contribution in [-0.2, 0) is 0 Å². The molecule has 2 N–H and O–H groups in total. The predicted octanol–water partition coefficient (Wildman–Crippen LogP) is 4.48. The third kappa shape index (κ3) is 3.72. The van der Waals surface area contributed by atoms with E-state index in [1.54, 1.807) is 49.6 Å². The van der Waals surface area contributed by atoms with Gasteiger partial charge in [0.15, 0.2) is 0 Å². The van der Waals surface area contributed by atoms with Gasteiger partial charge in [-0.25, -0.2) is 4.98 Å². The first-order valence-corrected chi connectivity index (χ1v) is 8.60. The summed E-state index contributed by atoms with van der Waals surface area (Å²) in [7, 11) is 1.56. The highest BCUT2D eigenvalue weighted by Gasteiger charge is 2.14. The summed E-state index contributed by atoms with van der Waals surface area (Å²) in [5, 5.41) is 12.8. The molecule has 0 unspecified atom stereocenters. The van der Waals surface area contributed by atoms with Crippen LogP contribution in [-0.4, -0.2) is 17.1 Å². The van der Waals surface area contributed by atoms with Gasteiger partial charge in [-0.3, -0.25) is 9.78 Å². The summed E-state index contributed by atoms with van der Waals surface area (Å²) in [6.45, 7) is 0. The molecule has 0 aliphatic heterocycles. The van der Waals surface area contributed by atoms with Crippen molar-refractivity contribution in [1.29, 1.82) is 5.26 Å². The molecular weight excluding hydrogens is 420 g/mol. The van der Waals surface area contributed by atoms with E-state index in [2.05, 4.69) is 31.2 Å². The highest BCUT2D eigenvalue weighted by atomic mass is 79.9. The van der Waals surface area contributed by atoms with Crippen molar-refractivity contribution in [2.75, 3.05) is 12.4 Å². The normalized spacial score (nSPS) is 10.2. The lowest BCUT2D eigenvalue weighted by atomic mass is 10.1. The smallest absolute Gasteiger partial charge is 0.270 e. The van der Waals surface area contributed by atoms with Crippen molar-refractivity contribution < 1.29 is 4.74 Å². The Balaban J connectivity index is 2.05. The Morgan fingerprint density at radius 2 is 2.00 bits per heavy atom. The van der Waals surface area contributed by atoms with Gasteiger partial charge in [-0.1, -0.05) is 11.6 Å². The molecule has 0 saturated heterocycles. The first-order valence-electron chi connectivity index (χ1n) is 7.42. The molecule has 0 saturated carbocycles. The Labute approximate surface area is 162 Å². The Kier molecular flexibility index (Phi) is 5.26. The summed E-state index contributed by atoms with van der Waals surface area (Å²) >= 11 is 9.40. The average molecular weight is 432 g/mol. The topological polar surface area (TPSA) is 90.8 Å². The second-order valence-corrected chi connectivity index (χ2v) is 6.49. The quantitative estimate of drug-likeness (QED) is 0.636. The number of benzene rings is 2. The fourth-order valence-corrected chi connectivity index (χ4v) is 2.73. The molecule has 0 bridgehead atoms. The van der Waals surface area contributed by atoms with Gasteiger partial charge in [0.2, 0.25) is 5.95 Å². The fourth-order valence-electron chi connectivity index (χ4n) is 2.30. The summed E-state index contributed by atoms with van der Waals surface area (Å²) in [5.74, 6) is 0.873. The van der Waals surface area contributed by atoms with E-state index < -0.39 is 5.56 Å². The lowest BCUT2D eigenvalue weighted by molar-refractivity contribution is 0.415. The highest BCUT2D eigenvalue weighted by molar-refractivity contribution is 9.10. The van der Waals surface area contributed by atoms with Gasteiger partial charge in [-0.2, -0.15) is 5.26 Å². The molecule has 1 aromatic heterocycles. The maximum Gasteiger partial charge on any atom is 0.270 e. The third-order valence-corrected chi connectivity index (χ3v) is 4.81. The molecule has 0 aliphatic carbocycles. The number of halogens is 2. The molecule has 130 valence electrons. The Bertz CT molecular complexity index is 1060. The van der Waals surface area contributed by atoms with E-state index >= 15 is 0 Å². The van der Waals surface area contributed by atoms with Crippen molar-refractivity contribution in [3.05, 3.63) is 67.9 Å². The number of aromatic amines is 1. The highest BCUT2D eigenvalue weighted by Crippen LogP contribution is 2.27. The molecule has 3 rings (SSSR count). The minimum atomic E-state index is -0.529. The molecule has 3 aromatic rings. The van der Waals surface area contributed by atoms with Crippen molar-refractivity contribution in [2.45, 2.75) is 0 Å². The number of H-pyrrole nitrogens is 1. The maximum atomic E-state index is 12.3. The van der Waals surface area contributed by atoms with E-state index in [9.17, 15) is 10.1 Å². The second kappa shape index (κ2) is 7.60. The van der Waals surface area contributed by atoms with Gasteiger partial charge < -0.3 is 10.1 Å². The van der Waals surface area contributed by atoms with Crippen LogP contribution in [0.2, 0.25) is 5.02 Å². The van der Waals surface area contributed by atoms with Gasteiger partial charge in [0.1, 0.15) is 17.4 Å². The molecule has 6 nitrogen and oxygen atoms in total. The van der Waals surface area contributed by atoms with Crippen LogP contribution in [0.3, 0.4) is 0 Å². The molecule has 0 spiro atoms. The van der Waals surface area contributed by atoms with Crippen LogP contribution < -0.4 is 15.6 Å². The number of hydrogen-bond acceptors (Lipinski definition) is 5. The van der Waals surface area contributed by atoms with Crippen molar-refractivity contribution >= 4 is 39.2 Å². The number of nitrogens with one attached hydrogen (secondary N) is 2. The van der Waals surface area contributed by atoms with E-state index in [0.29, 0.717) is 22.0 Å². The largest absolute Gasteiger partial charge is 0.497 e. The number of nitriles is 1. The standard InChI is InChI=1S/C18H12BrClN4O2/c1-26-12-5-2-10(3-6-12)16-13(9-21)17(25)24-18(23-16)22-11-4-7-14(19)15(20)8-11/h2-8H,1H3,(H2,22,23,24,25).